The van der Waals surface area contributed by atoms with Crippen molar-refractivity contribution in [3.05, 3.63) is 28.8 Å². The van der Waals surface area contributed by atoms with Crippen molar-refractivity contribution in [1.29, 1.82) is 5.26 Å². The molecular weight excluding hydrogens is 260 g/mol. The maximum Gasteiger partial charge on any atom is 0.233 e. The molecule has 6 heteroatoms. The quantitative estimate of drug-likeness (QED) is 0.913. The number of benzene rings is 1. The minimum Gasteiger partial charge on any atom is -0.282 e. The summed E-state index contributed by atoms with van der Waals surface area (Å²) >= 11 is 5.78. The van der Waals surface area contributed by atoms with Crippen LogP contribution in [0.4, 0.5) is 5.69 Å². The van der Waals surface area contributed by atoms with E-state index in [1.165, 1.54) is 12.1 Å². The predicted octanol–water partition coefficient (Wildman–Crippen LogP) is 2.36. The largest absolute Gasteiger partial charge is 0.282 e. The van der Waals surface area contributed by atoms with E-state index in [1.807, 2.05) is 6.07 Å². The first-order valence-electron chi connectivity index (χ1n) is 5.20. The molecule has 1 aromatic rings. The Hall–Kier alpha value is -1.25. The van der Waals surface area contributed by atoms with E-state index in [0.717, 1.165) is 12.8 Å². The van der Waals surface area contributed by atoms with Gasteiger partial charge in [-0.15, -0.1) is 0 Å². The zero-order valence-electron chi connectivity index (χ0n) is 8.98. The van der Waals surface area contributed by atoms with Crippen molar-refractivity contribution in [2.24, 2.45) is 5.92 Å². The molecule has 0 amide bonds. The zero-order chi connectivity index (χ0) is 12.5. The van der Waals surface area contributed by atoms with Crippen molar-refractivity contribution in [3.63, 3.8) is 0 Å². The lowest BCUT2D eigenvalue weighted by atomic mass is 10.2. The molecule has 17 heavy (non-hydrogen) atoms. The molecule has 2 rings (SSSR count). The van der Waals surface area contributed by atoms with Crippen LogP contribution in [0.25, 0.3) is 0 Å². The van der Waals surface area contributed by atoms with Crippen LogP contribution in [0.15, 0.2) is 18.2 Å². The smallest absolute Gasteiger partial charge is 0.233 e. The van der Waals surface area contributed by atoms with Gasteiger partial charge in [0, 0.05) is 5.02 Å². The van der Waals surface area contributed by atoms with Gasteiger partial charge in [-0.2, -0.15) is 5.26 Å². The summed E-state index contributed by atoms with van der Waals surface area (Å²) in [6.45, 7) is 0. The Balaban J connectivity index is 2.22. The number of nitriles is 1. The number of hydrogen-bond donors (Lipinski definition) is 1. The van der Waals surface area contributed by atoms with Gasteiger partial charge in [0.25, 0.3) is 0 Å². The van der Waals surface area contributed by atoms with Crippen molar-refractivity contribution < 1.29 is 8.42 Å². The van der Waals surface area contributed by atoms with Crippen LogP contribution < -0.4 is 4.72 Å². The average Bonchev–Trinajstić information content (AvgIpc) is 3.00. The molecular formula is C11H11ClN2O2S. The fourth-order valence-electron chi connectivity index (χ4n) is 1.50. The Labute approximate surface area is 105 Å². The molecule has 1 saturated carbocycles. The monoisotopic (exact) mass is 270 g/mol. The first-order chi connectivity index (χ1) is 8.00. The summed E-state index contributed by atoms with van der Waals surface area (Å²) in [5.74, 6) is 0.377. The van der Waals surface area contributed by atoms with Crippen LogP contribution in [0.1, 0.15) is 18.4 Å². The van der Waals surface area contributed by atoms with Gasteiger partial charge in [0.15, 0.2) is 0 Å². The summed E-state index contributed by atoms with van der Waals surface area (Å²) in [6.07, 6.45) is 1.92. The van der Waals surface area contributed by atoms with Crippen LogP contribution in [-0.4, -0.2) is 14.2 Å². The SMILES string of the molecule is N#Cc1ccc(Cl)cc1NS(=O)(=O)CC1CC1. The topological polar surface area (TPSA) is 70.0 Å². The second-order valence-corrected chi connectivity index (χ2v) is 6.33. The molecule has 1 fully saturated rings. The molecule has 0 atom stereocenters. The van der Waals surface area contributed by atoms with E-state index in [4.69, 9.17) is 16.9 Å². The van der Waals surface area contributed by atoms with Gasteiger partial charge >= 0.3 is 0 Å². The third kappa shape index (κ3) is 3.35. The third-order valence-corrected chi connectivity index (χ3v) is 4.20. The first-order valence-corrected chi connectivity index (χ1v) is 7.23. The fourth-order valence-corrected chi connectivity index (χ4v) is 3.22. The molecule has 0 bridgehead atoms. The second-order valence-electron chi connectivity index (χ2n) is 4.13. The number of hydrogen-bond acceptors (Lipinski definition) is 3. The highest BCUT2D eigenvalue weighted by molar-refractivity contribution is 7.92. The van der Waals surface area contributed by atoms with Crippen LogP contribution in [-0.2, 0) is 10.0 Å². The zero-order valence-corrected chi connectivity index (χ0v) is 10.6. The van der Waals surface area contributed by atoms with Crippen LogP contribution in [0, 0.1) is 17.2 Å². The molecule has 1 aromatic carbocycles. The van der Waals surface area contributed by atoms with Crippen molar-refractivity contribution in [2.75, 3.05) is 10.5 Å². The molecule has 0 spiro atoms. The molecule has 1 aliphatic carbocycles. The highest BCUT2D eigenvalue weighted by Gasteiger charge is 2.28. The number of nitrogens with zero attached hydrogens (tertiary/aromatic N) is 1. The van der Waals surface area contributed by atoms with Crippen molar-refractivity contribution >= 4 is 27.3 Å². The molecule has 4 nitrogen and oxygen atoms in total. The lowest BCUT2D eigenvalue weighted by molar-refractivity contribution is 0.597. The number of anilines is 1. The summed E-state index contributed by atoms with van der Waals surface area (Å²) in [5, 5.41) is 9.27. The van der Waals surface area contributed by atoms with Crippen LogP contribution in [0.2, 0.25) is 5.02 Å². The summed E-state index contributed by atoms with van der Waals surface area (Å²) in [4.78, 5) is 0. The third-order valence-electron chi connectivity index (χ3n) is 2.52. The molecule has 0 saturated heterocycles. The standard InChI is InChI=1S/C11H11ClN2O2S/c12-10-4-3-9(6-13)11(5-10)14-17(15,16)7-8-1-2-8/h3-5,8,14H,1-2,7H2. The number of halogens is 1. The minimum absolute atomic E-state index is 0.115. The molecule has 90 valence electrons. The maximum atomic E-state index is 11.8. The van der Waals surface area contributed by atoms with Gasteiger partial charge in [-0.1, -0.05) is 11.6 Å². The molecule has 0 aromatic heterocycles. The van der Waals surface area contributed by atoms with E-state index in [2.05, 4.69) is 4.72 Å². The summed E-state index contributed by atoms with van der Waals surface area (Å²) < 4.78 is 25.9. The van der Waals surface area contributed by atoms with Crippen LogP contribution >= 0.6 is 11.6 Å². The molecule has 1 N–H and O–H groups in total. The Morgan fingerprint density at radius 2 is 2.18 bits per heavy atom. The van der Waals surface area contributed by atoms with E-state index in [1.54, 1.807) is 6.07 Å². The highest BCUT2D eigenvalue weighted by Crippen LogP contribution is 2.31. The van der Waals surface area contributed by atoms with E-state index >= 15 is 0 Å². The maximum absolute atomic E-state index is 11.8. The molecule has 0 heterocycles. The number of sulfonamides is 1. The molecule has 1 aliphatic rings. The van der Waals surface area contributed by atoms with E-state index < -0.39 is 10.0 Å². The van der Waals surface area contributed by atoms with E-state index in [-0.39, 0.29) is 22.9 Å². The predicted molar refractivity (Wildman–Crippen MR) is 66.3 cm³/mol. The average molecular weight is 271 g/mol. The minimum atomic E-state index is -3.38. The highest BCUT2D eigenvalue weighted by atomic mass is 35.5. The Morgan fingerprint density at radius 1 is 1.47 bits per heavy atom. The number of rotatable bonds is 4. The lowest BCUT2D eigenvalue weighted by Gasteiger charge is -2.09. The van der Waals surface area contributed by atoms with Gasteiger partial charge in [0.1, 0.15) is 6.07 Å². The van der Waals surface area contributed by atoms with Crippen LogP contribution in [0.5, 0.6) is 0 Å². The molecule has 0 aliphatic heterocycles. The van der Waals surface area contributed by atoms with Gasteiger partial charge in [-0.25, -0.2) is 8.42 Å². The number of nitrogens with one attached hydrogen (secondary N) is 1. The molecule has 0 radical (unpaired) electrons. The van der Waals surface area contributed by atoms with Gasteiger partial charge in [-0.3, -0.25) is 4.72 Å². The fraction of sp³-hybridized carbons (Fsp3) is 0.364. The Morgan fingerprint density at radius 3 is 2.76 bits per heavy atom. The first kappa shape index (κ1) is 12.2. The summed E-state index contributed by atoms with van der Waals surface area (Å²) in [5.41, 5.74) is 0.523. The van der Waals surface area contributed by atoms with Crippen molar-refractivity contribution in [3.8, 4) is 6.07 Å². The Kier molecular flexibility index (Phi) is 3.27. The summed E-state index contributed by atoms with van der Waals surface area (Å²) in [6, 6.07) is 6.43. The molecule has 0 unspecified atom stereocenters. The van der Waals surface area contributed by atoms with Gasteiger partial charge in [0.2, 0.25) is 10.0 Å². The lowest BCUT2D eigenvalue weighted by Crippen LogP contribution is -2.18. The van der Waals surface area contributed by atoms with Gasteiger partial charge in [0.05, 0.1) is 17.0 Å². The van der Waals surface area contributed by atoms with E-state index in [9.17, 15) is 8.42 Å². The van der Waals surface area contributed by atoms with Crippen LogP contribution in [0.3, 0.4) is 0 Å². The van der Waals surface area contributed by atoms with Gasteiger partial charge in [-0.05, 0) is 37.0 Å². The van der Waals surface area contributed by atoms with Crippen molar-refractivity contribution in [2.45, 2.75) is 12.8 Å². The normalized spacial score (nSPS) is 15.3. The van der Waals surface area contributed by atoms with E-state index in [0.29, 0.717) is 5.02 Å². The van der Waals surface area contributed by atoms with Gasteiger partial charge < -0.3 is 0 Å². The second kappa shape index (κ2) is 4.55. The Bertz CT molecular complexity index is 574. The van der Waals surface area contributed by atoms with Crippen molar-refractivity contribution in [1.82, 2.24) is 0 Å². The summed E-state index contributed by atoms with van der Waals surface area (Å²) in [7, 11) is -3.38.